The van der Waals surface area contributed by atoms with E-state index in [9.17, 15) is 0 Å². The van der Waals surface area contributed by atoms with E-state index in [1.165, 1.54) is 0 Å². The minimum Gasteiger partial charge on any atom is -0.494 e. The second-order valence-electron chi connectivity index (χ2n) is 6.05. The van der Waals surface area contributed by atoms with Gasteiger partial charge in [-0.1, -0.05) is 46.3 Å². The zero-order chi connectivity index (χ0) is 20.2. The molecule has 0 saturated heterocycles. The van der Waals surface area contributed by atoms with Crippen LogP contribution in [0, 0.1) is 4.77 Å². The van der Waals surface area contributed by atoms with E-state index in [1.807, 2.05) is 67.6 Å². The molecule has 2 aromatic heterocycles. The molecule has 2 aromatic carbocycles. The summed E-state index contributed by atoms with van der Waals surface area (Å²) < 4.78 is 14.4. The Kier molecular flexibility index (Phi) is 5.73. The monoisotopic (exact) mass is 468 g/mol. The van der Waals surface area contributed by atoms with E-state index in [-0.39, 0.29) is 0 Å². The summed E-state index contributed by atoms with van der Waals surface area (Å²) in [5.74, 6) is 2.70. The van der Waals surface area contributed by atoms with Gasteiger partial charge in [-0.15, -0.1) is 0 Å². The smallest absolute Gasteiger partial charge is 0.216 e. The van der Waals surface area contributed by atoms with Crippen LogP contribution in [0.5, 0.6) is 5.75 Å². The fourth-order valence-corrected chi connectivity index (χ4v) is 3.48. The maximum Gasteiger partial charge on any atom is 0.216 e. The Labute approximate surface area is 181 Å². The van der Waals surface area contributed by atoms with Crippen molar-refractivity contribution in [3.8, 4) is 28.5 Å². The van der Waals surface area contributed by atoms with Crippen LogP contribution in [0.3, 0.4) is 0 Å². The molecule has 2 heterocycles. The highest BCUT2D eigenvalue weighted by Gasteiger charge is 2.10. The molecular weight excluding hydrogens is 452 g/mol. The number of nitrogens with zero attached hydrogens (tertiary/aromatic N) is 3. The predicted molar refractivity (Wildman–Crippen MR) is 119 cm³/mol. The topological polar surface area (TPSA) is 68.3 Å². The minimum atomic E-state index is 0.385. The Balaban J connectivity index is 1.64. The number of nitrogens with one attached hydrogen (secondary N) is 1. The summed E-state index contributed by atoms with van der Waals surface area (Å²) in [4.78, 5) is 0. The van der Waals surface area contributed by atoms with Gasteiger partial charge in [-0.25, -0.2) is 5.10 Å². The number of rotatable bonds is 6. The number of aromatic nitrogens is 3. The first kappa shape index (κ1) is 19.4. The molecule has 0 radical (unpaired) electrons. The lowest BCUT2D eigenvalue weighted by Crippen LogP contribution is -1.96. The van der Waals surface area contributed by atoms with Crippen molar-refractivity contribution in [3.05, 3.63) is 75.7 Å². The van der Waals surface area contributed by atoms with Crippen LogP contribution < -0.4 is 4.74 Å². The van der Waals surface area contributed by atoms with Gasteiger partial charge >= 0.3 is 0 Å². The number of hydrogen-bond acceptors (Lipinski definition) is 5. The highest BCUT2D eigenvalue weighted by atomic mass is 79.9. The van der Waals surface area contributed by atoms with Crippen LogP contribution in [0.1, 0.15) is 12.7 Å². The molecule has 0 saturated carbocycles. The molecule has 1 N–H and O–H groups in total. The molecule has 0 bridgehead atoms. The lowest BCUT2D eigenvalue weighted by atomic mass is 10.2. The van der Waals surface area contributed by atoms with Crippen molar-refractivity contribution in [1.82, 2.24) is 14.9 Å². The maximum atomic E-state index is 5.91. The van der Waals surface area contributed by atoms with E-state index in [0.717, 1.165) is 27.1 Å². The number of H-pyrrole nitrogens is 1. The first-order valence-corrected chi connectivity index (χ1v) is 10.2. The molecule has 0 unspecified atom stereocenters. The van der Waals surface area contributed by atoms with Gasteiger partial charge < -0.3 is 9.15 Å². The number of benzene rings is 2. The summed E-state index contributed by atoms with van der Waals surface area (Å²) in [5, 5.41) is 11.6. The fraction of sp³-hybridized carbons (Fsp3) is 0.0952. The van der Waals surface area contributed by atoms with Crippen molar-refractivity contribution in [2.45, 2.75) is 6.92 Å². The lowest BCUT2D eigenvalue weighted by Gasteiger charge is -2.05. The van der Waals surface area contributed by atoms with Crippen molar-refractivity contribution >= 4 is 34.4 Å². The van der Waals surface area contributed by atoms with Crippen molar-refractivity contribution in [3.63, 3.8) is 0 Å². The van der Waals surface area contributed by atoms with Gasteiger partial charge in [-0.05, 0) is 49.5 Å². The van der Waals surface area contributed by atoms with E-state index in [0.29, 0.717) is 23.0 Å². The summed E-state index contributed by atoms with van der Waals surface area (Å²) >= 11 is 8.87. The van der Waals surface area contributed by atoms with Gasteiger partial charge in [0.05, 0.1) is 12.8 Å². The quantitative estimate of drug-likeness (QED) is 0.282. The van der Waals surface area contributed by atoms with Crippen molar-refractivity contribution in [2.75, 3.05) is 6.61 Å². The highest BCUT2D eigenvalue weighted by Crippen LogP contribution is 2.29. The van der Waals surface area contributed by atoms with Gasteiger partial charge in [-0.3, -0.25) is 0 Å². The number of halogens is 1. The number of hydrogen-bond donors (Lipinski definition) is 1. The molecule has 8 heteroatoms. The fourth-order valence-electron chi connectivity index (χ4n) is 2.82. The molecule has 4 aromatic rings. The van der Waals surface area contributed by atoms with E-state index >= 15 is 0 Å². The molecule has 0 aliphatic carbocycles. The average molecular weight is 469 g/mol. The van der Waals surface area contributed by atoms with E-state index < -0.39 is 0 Å². The molecule has 0 aliphatic heterocycles. The minimum absolute atomic E-state index is 0.385. The third kappa shape index (κ3) is 4.23. The van der Waals surface area contributed by atoms with Crippen LogP contribution in [0.2, 0.25) is 0 Å². The molecule has 0 aliphatic rings. The molecule has 0 fully saturated rings. The normalized spacial score (nSPS) is 11.2. The van der Waals surface area contributed by atoms with Gasteiger partial charge in [0.2, 0.25) is 4.77 Å². The summed E-state index contributed by atoms with van der Waals surface area (Å²) in [7, 11) is 0. The van der Waals surface area contributed by atoms with E-state index in [1.54, 1.807) is 10.9 Å². The van der Waals surface area contributed by atoms with Crippen LogP contribution in [-0.2, 0) is 0 Å². The SMILES string of the molecule is CCOc1cccc(-c2n[nH]c(=S)n2/N=C/c2ccc(-c3ccccc3Br)o2)c1. The summed E-state index contributed by atoms with van der Waals surface area (Å²) in [5.41, 5.74) is 1.81. The molecule has 6 nitrogen and oxygen atoms in total. The molecule has 146 valence electrons. The Hall–Kier alpha value is -2.97. The lowest BCUT2D eigenvalue weighted by molar-refractivity contribution is 0.340. The van der Waals surface area contributed by atoms with Gasteiger partial charge in [-0.2, -0.15) is 14.9 Å². The molecule has 4 rings (SSSR count). The number of furan rings is 1. The summed E-state index contributed by atoms with van der Waals surface area (Å²) in [6.07, 6.45) is 1.61. The Morgan fingerprint density at radius 1 is 1.21 bits per heavy atom. The highest BCUT2D eigenvalue weighted by molar-refractivity contribution is 9.10. The maximum absolute atomic E-state index is 5.91. The Bertz CT molecular complexity index is 1230. The van der Waals surface area contributed by atoms with Crippen LogP contribution in [0.4, 0.5) is 0 Å². The average Bonchev–Trinajstić information content (AvgIpc) is 3.34. The van der Waals surface area contributed by atoms with Crippen LogP contribution >= 0.6 is 28.1 Å². The van der Waals surface area contributed by atoms with Gasteiger partial charge in [0.15, 0.2) is 5.82 Å². The third-order valence-corrected chi connectivity index (χ3v) is 5.08. The van der Waals surface area contributed by atoms with Crippen molar-refractivity contribution in [1.29, 1.82) is 0 Å². The number of ether oxygens (including phenoxy) is 1. The molecule has 29 heavy (non-hydrogen) atoms. The zero-order valence-corrected chi connectivity index (χ0v) is 17.9. The largest absolute Gasteiger partial charge is 0.494 e. The van der Waals surface area contributed by atoms with Crippen LogP contribution in [0.25, 0.3) is 22.7 Å². The second-order valence-corrected chi connectivity index (χ2v) is 7.29. The van der Waals surface area contributed by atoms with E-state index in [4.69, 9.17) is 21.4 Å². The zero-order valence-electron chi connectivity index (χ0n) is 15.5. The first-order chi connectivity index (χ1) is 14.2. The van der Waals surface area contributed by atoms with Gasteiger partial charge in [0.25, 0.3) is 0 Å². The molecule has 0 spiro atoms. The van der Waals surface area contributed by atoms with Crippen LogP contribution in [0.15, 0.2) is 74.7 Å². The second kappa shape index (κ2) is 8.59. The summed E-state index contributed by atoms with van der Waals surface area (Å²) in [6, 6.07) is 19.3. The van der Waals surface area contributed by atoms with E-state index in [2.05, 4.69) is 31.2 Å². The molecule has 0 atom stereocenters. The first-order valence-electron chi connectivity index (χ1n) is 8.95. The molecular formula is C21H17BrN4O2S. The van der Waals surface area contributed by atoms with Crippen LogP contribution in [-0.4, -0.2) is 27.7 Å². The summed E-state index contributed by atoms with van der Waals surface area (Å²) in [6.45, 7) is 2.53. The third-order valence-electron chi connectivity index (χ3n) is 4.12. The Morgan fingerprint density at radius 3 is 2.90 bits per heavy atom. The molecule has 0 amide bonds. The number of aromatic amines is 1. The van der Waals surface area contributed by atoms with Gasteiger partial charge in [0.1, 0.15) is 17.3 Å². The van der Waals surface area contributed by atoms with Crippen molar-refractivity contribution < 1.29 is 9.15 Å². The predicted octanol–water partition coefficient (Wildman–Crippen LogP) is 5.91. The Morgan fingerprint density at radius 2 is 2.07 bits per heavy atom. The van der Waals surface area contributed by atoms with Gasteiger partial charge in [0, 0.05) is 15.6 Å². The van der Waals surface area contributed by atoms with Crippen molar-refractivity contribution in [2.24, 2.45) is 5.10 Å². The standard InChI is InChI=1S/C21H17BrN4O2S/c1-2-27-15-7-5-6-14(12-15)20-24-25-21(29)26(20)23-13-16-10-11-19(28-16)17-8-3-4-9-18(17)22/h3-13H,2H2,1H3,(H,25,29)/b23-13+.